The molecule has 0 aliphatic carbocycles. The highest BCUT2D eigenvalue weighted by atomic mass is 35.5. The van der Waals surface area contributed by atoms with E-state index in [0.29, 0.717) is 6.61 Å². The average molecular weight is 299 g/mol. The van der Waals surface area contributed by atoms with E-state index < -0.39 is 5.54 Å². The molecule has 1 aromatic carbocycles. The van der Waals surface area contributed by atoms with Gasteiger partial charge in [-0.1, -0.05) is 12.1 Å². The van der Waals surface area contributed by atoms with Gasteiger partial charge in [0.1, 0.15) is 0 Å². The standard InChI is InChI=1S/C15H22N2O2.ClH/c1-15(8-3-4-9-16-15)14(18)17-13-7-5-6-12(10-13)11-19-2;/h5-7,10,16H,3-4,8-9,11H2,1-2H3,(H,17,18);1H. The second-order valence-electron chi connectivity index (χ2n) is 5.30. The second-order valence-corrected chi connectivity index (χ2v) is 5.30. The van der Waals surface area contributed by atoms with Gasteiger partial charge in [0.05, 0.1) is 12.1 Å². The molecule has 2 rings (SSSR count). The SMILES string of the molecule is COCc1cccc(NC(=O)C2(C)CCCCN2)c1.Cl. The monoisotopic (exact) mass is 298 g/mol. The third-order valence-corrected chi connectivity index (χ3v) is 3.62. The Morgan fingerprint density at radius 3 is 2.90 bits per heavy atom. The van der Waals surface area contributed by atoms with Crippen LogP contribution >= 0.6 is 12.4 Å². The summed E-state index contributed by atoms with van der Waals surface area (Å²) in [6.07, 6.45) is 3.13. The van der Waals surface area contributed by atoms with Gasteiger partial charge in [-0.25, -0.2) is 0 Å². The second kappa shape index (κ2) is 7.62. The lowest BCUT2D eigenvalue weighted by molar-refractivity contribution is -0.122. The summed E-state index contributed by atoms with van der Waals surface area (Å²) in [6, 6.07) is 7.77. The van der Waals surface area contributed by atoms with Crippen LogP contribution in [0.1, 0.15) is 31.7 Å². The number of nitrogens with one attached hydrogen (secondary N) is 2. The minimum absolute atomic E-state index is 0. The quantitative estimate of drug-likeness (QED) is 0.898. The number of carbonyl (C=O) groups is 1. The van der Waals surface area contributed by atoms with Crippen molar-refractivity contribution in [1.29, 1.82) is 0 Å². The van der Waals surface area contributed by atoms with Gasteiger partial charge in [0.25, 0.3) is 0 Å². The van der Waals surface area contributed by atoms with Crippen LogP contribution in [0.25, 0.3) is 0 Å². The summed E-state index contributed by atoms with van der Waals surface area (Å²) in [6.45, 7) is 3.44. The first-order chi connectivity index (χ1) is 9.14. The molecule has 0 saturated carbocycles. The van der Waals surface area contributed by atoms with Crippen LogP contribution in [-0.2, 0) is 16.1 Å². The van der Waals surface area contributed by atoms with Crippen molar-refractivity contribution in [3.63, 3.8) is 0 Å². The third kappa shape index (κ3) is 4.20. The molecule has 0 spiro atoms. The summed E-state index contributed by atoms with van der Waals surface area (Å²) < 4.78 is 5.10. The van der Waals surface area contributed by atoms with E-state index in [-0.39, 0.29) is 18.3 Å². The van der Waals surface area contributed by atoms with Gasteiger partial charge < -0.3 is 15.4 Å². The minimum atomic E-state index is -0.449. The first-order valence-corrected chi connectivity index (χ1v) is 6.78. The highest BCUT2D eigenvalue weighted by Crippen LogP contribution is 2.21. The molecule has 0 bridgehead atoms. The van der Waals surface area contributed by atoms with Crippen LogP contribution in [0.4, 0.5) is 5.69 Å². The van der Waals surface area contributed by atoms with Crippen LogP contribution < -0.4 is 10.6 Å². The van der Waals surface area contributed by atoms with E-state index in [4.69, 9.17) is 4.74 Å². The number of amides is 1. The maximum atomic E-state index is 12.4. The Morgan fingerprint density at radius 2 is 2.25 bits per heavy atom. The number of carbonyl (C=O) groups excluding carboxylic acids is 1. The van der Waals surface area contributed by atoms with Gasteiger partial charge in [-0.15, -0.1) is 12.4 Å². The van der Waals surface area contributed by atoms with E-state index in [0.717, 1.165) is 37.1 Å². The Hall–Kier alpha value is -1.10. The molecule has 5 heteroatoms. The smallest absolute Gasteiger partial charge is 0.244 e. The van der Waals surface area contributed by atoms with Crippen LogP contribution in [0.5, 0.6) is 0 Å². The molecule has 1 fully saturated rings. The Bertz CT molecular complexity index is 445. The first kappa shape index (κ1) is 17.0. The van der Waals surface area contributed by atoms with Crippen molar-refractivity contribution in [3.8, 4) is 0 Å². The van der Waals surface area contributed by atoms with E-state index >= 15 is 0 Å². The normalized spacial score (nSPS) is 21.9. The summed E-state index contributed by atoms with van der Waals surface area (Å²) in [5, 5.41) is 6.31. The Morgan fingerprint density at radius 1 is 1.45 bits per heavy atom. The summed E-state index contributed by atoms with van der Waals surface area (Å²) >= 11 is 0. The minimum Gasteiger partial charge on any atom is -0.380 e. The van der Waals surface area contributed by atoms with E-state index in [1.807, 2.05) is 31.2 Å². The van der Waals surface area contributed by atoms with Crippen molar-refractivity contribution in [3.05, 3.63) is 29.8 Å². The van der Waals surface area contributed by atoms with Gasteiger partial charge in [0.15, 0.2) is 0 Å². The number of methoxy groups -OCH3 is 1. The van der Waals surface area contributed by atoms with E-state index in [1.54, 1.807) is 7.11 Å². The molecule has 20 heavy (non-hydrogen) atoms. The predicted octanol–water partition coefficient (Wildman–Crippen LogP) is 2.73. The van der Waals surface area contributed by atoms with Gasteiger partial charge in [-0.05, 0) is 50.4 Å². The predicted molar refractivity (Wildman–Crippen MR) is 83.3 cm³/mol. The maximum Gasteiger partial charge on any atom is 0.244 e. The Balaban J connectivity index is 0.00000200. The van der Waals surface area contributed by atoms with Crippen molar-refractivity contribution in [2.75, 3.05) is 19.0 Å². The van der Waals surface area contributed by atoms with Gasteiger partial charge in [0.2, 0.25) is 5.91 Å². The molecule has 1 atom stereocenters. The molecule has 1 amide bonds. The van der Waals surface area contributed by atoms with Gasteiger partial charge in [-0.2, -0.15) is 0 Å². The van der Waals surface area contributed by atoms with Crippen LogP contribution in [-0.4, -0.2) is 25.1 Å². The summed E-state index contributed by atoms with van der Waals surface area (Å²) in [4.78, 5) is 12.4. The number of rotatable bonds is 4. The zero-order chi connectivity index (χ0) is 13.7. The van der Waals surface area contributed by atoms with Crippen molar-refractivity contribution < 1.29 is 9.53 Å². The van der Waals surface area contributed by atoms with Gasteiger partial charge in [0, 0.05) is 12.8 Å². The molecule has 1 unspecified atom stereocenters. The van der Waals surface area contributed by atoms with Crippen molar-refractivity contribution >= 4 is 24.0 Å². The molecular formula is C15H23ClN2O2. The largest absolute Gasteiger partial charge is 0.380 e. The number of ether oxygens (including phenoxy) is 1. The molecule has 0 radical (unpaired) electrons. The van der Waals surface area contributed by atoms with Gasteiger partial charge in [-0.3, -0.25) is 4.79 Å². The molecule has 1 saturated heterocycles. The topological polar surface area (TPSA) is 50.4 Å². The number of halogens is 1. The molecule has 1 aromatic rings. The van der Waals surface area contributed by atoms with Crippen LogP contribution in [0.15, 0.2) is 24.3 Å². The molecule has 2 N–H and O–H groups in total. The number of hydrogen-bond donors (Lipinski definition) is 2. The lowest BCUT2D eigenvalue weighted by Gasteiger charge is -2.33. The number of benzene rings is 1. The summed E-state index contributed by atoms with van der Waals surface area (Å²) in [5.41, 5.74) is 1.44. The fraction of sp³-hybridized carbons (Fsp3) is 0.533. The Kier molecular flexibility index (Phi) is 6.46. The van der Waals surface area contributed by atoms with Gasteiger partial charge >= 0.3 is 0 Å². The fourth-order valence-electron chi connectivity index (χ4n) is 2.42. The van der Waals surface area contributed by atoms with Crippen LogP contribution in [0.3, 0.4) is 0 Å². The molecule has 0 aromatic heterocycles. The zero-order valence-electron chi connectivity index (χ0n) is 12.1. The summed E-state index contributed by atoms with van der Waals surface area (Å²) in [5.74, 6) is 0.0433. The highest BCUT2D eigenvalue weighted by molar-refractivity contribution is 5.97. The lowest BCUT2D eigenvalue weighted by Crippen LogP contribution is -2.54. The molecular weight excluding hydrogens is 276 g/mol. The van der Waals surface area contributed by atoms with Crippen LogP contribution in [0.2, 0.25) is 0 Å². The lowest BCUT2D eigenvalue weighted by atomic mass is 9.90. The number of anilines is 1. The highest BCUT2D eigenvalue weighted by Gasteiger charge is 2.34. The van der Waals surface area contributed by atoms with Crippen molar-refractivity contribution in [1.82, 2.24) is 5.32 Å². The maximum absolute atomic E-state index is 12.4. The average Bonchev–Trinajstić information content (AvgIpc) is 2.40. The molecule has 4 nitrogen and oxygen atoms in total. The molecule has 1 aliphatic heterocycles. The van der Waals surface area contributed by atoms with E-state index in [9.17, 15) is 4.79 Å². The van der Waals surface area contributed by atoms with E-state index in [2.05, 4.69) is 10.6 Å². The fourth-order valence-corrected chi connectivity index (χ4v) is 2.42. The molecule has 112 valence electrons. The Labute approximate surface area is 126 Å². The van der Waals surface area contributed by atoms with Crippen molar-refractivity contribution in [2.24, 2.45) is 0 Å². The first-order valence-electron chi connectivity index (χ1n) is 6.78. The van der Waals surface area contributed by atoms with Crippen LogP contribution in [0, 0.1) is 0 Å². The number of hydrogen-bond acceptors (Lipinski definition) is 3. The molecule has 1 heterocycles. The summed E-state index contributed by atoms with van der Waals surface area (Å²) in [7, 11) is 1.66. The van der Waals surface area contributed by atoms with E-state index in [1.165, 1.54) is 0 Å². The third-order valence-electron chi connectivity index (χ3n) is 3.62. The molecule has 1 aliphatic rings. The zero-order valence-corrected chi connectivity index (χ0v) is 12.9. The van der Waals surface area contributed by atoms with Crippen molar-refractivity contribution in [2.45, 2.75) is 38.3 Å². The number of piperidine rings is 1.